The maximum atomic E-state index is 11.1. The van der Waals surface area contributed by atoms with Crippen molar-refractivity contribution < 1.29 is 9.22 Å². The first-order valence-electron chi connectivity index (χ1n) is 4.42. The molecule has 0 aromatic rings. The van der Waals surface area contributed by atoms with Gasteiger partial charge >= 0.3 is 0 Å². The van der Waals surface area contributed by atoms with E-state index >= 15 is 0 Å². The molecule has 11 heavy (non-hydrogen) atoms. The smallest absolute Gasteiger partial charge is 0.294 e. The van der Waals surface area contributed by atoms with Gasteiger partial charge in [0.05, 0.1) is 5.92 Å². The summed E-state index contributed by atoms with van der Waals surface area (Å²) in [5.74, 6) is 0.286. The number of hydrogen-bond acceptors (Lipinski definition) is 2. The fraction of sp³-hybridized carbons (Fsp3) is 0.875. The van der Waals surface area contributed by atoms with Gasteiger partial charge in [-0.25, -0.2) is 0 Å². The molecule has 0 spiro atoms. The largest absolute Gasteiger partial charge is 0.529 e. The Hall–Kier alpha value is -0.313. The topological polar surface area (TPSA) is 26.3 Å². The van der Waals surface area contributed by atoms with Gasteiger partial charge in [-0.15, -0.1) is 0 Å². The van der Waals surface area contributed by atoms with Gasteiger partial charge in [0.15, 0.2) is 0 Å². The van der Waals surface area contributed by atoms with Crippen molar-refractivity contribution in [2.45, 2.75) is 38.5 Å². The first-order valence-corrected chi connectivity index (χ1v) is 5.24. The minimum absolute atomic E-state index is 0.0542. The van der Waals surface area contributed by atoms with Crippen LogP contribution in [0.25, 0.3) is 0 Å². The van der Waals surface area contributed by atoms with Crippen LogP contribution in [0.2, 0.25) is 0 Å². The van der Waals surface area contributed by atoms with Crippen molar-refractivity contribution in [3.05, 3.63) is 0 Å². The lowest BCUT2D eigenvalue weighted by Crippen LogP contribution is -2.15. The van der Waals surface area contributed by atoms with Gasteiger partial charge < -0.3 is 4.43 Å². The van der Waals surface area contributed by atoms with Crippen molar-refractivity contribution in [2.24, 2.45) is 5.92 Å². The summed E-state index contributed by atoms with van der Waals surface area (Å²) < 4.78 is 4.85. The summed E-state index contributed by atoms with van der Waals surface area (Å²) in [6.07, 6.45) is 7.13. The average Bonchev–Trinajstić information content (AvgIpc) is 2.30. The zero-order valence-corrected chi connectivity index (χ0v) is 9.14. The van der Waals surface area contributed by atoms with Crippen LogP contribution in [-0.2, 0) is 9.22 Å². The van der Waals surface area contributed by atoms with E-state index in [0.29, 0.717) is 10.5 Å². The van der Waals surface area contributed by atoms with Crippen LogP contribution in [0.1, 0.15) is 38.5 Å². The first-order chi connectivity index (χ1) is 5.34. The van der Waals surface area contributed by atoms with Gasteiger partial charge in [-0.2, -0.15) is 0 Å². The van der Waals surface area contributed by atoms with Gasteiger partial charge in [-0.3, -0.25) is 4.79 Å². The summed E-state index contributed by atoms with van der Waals surface area (Å²) in [5.41, 5.74) is 0. The van der Waals surface area contributed by atoms with Crippen molar-refractivity contribution in [1.82, 2.24) is 0 Å². The van der Waals surface area contributed by atoms with Crippen LogP contribution >= 0.6 is 0 Å². The molecule has 0 radical (unpaired) electrons. The van der Waals surface area contributed by atoms with Crippen molar-refractivity contribution in [1.29, 1.82) is 0 Å². The van der Waals surface area contributed by atoms with Gasteiger partial charge in [-0.05, 0) is 12.8 Å². The number of hydrogen-bond donors (Lipinski definition) is 0. The molecular weight excluding hydrogens is 156 g/mol. The third-order valence-corrected chi connectivity index (χ3v) is 2.79. The van der Waals surface area contributed by atoms with Crippen molar-refractivity contribution in [3.8, 4) is 0 Å². The third kappa shape index (κ3) is 2.65. The molecule has 0 N–H and O–H groups in total. The molecule has 0 saturated heterocycles. The Morgan fingerprint density at radius 2 is 1.73 bits per heavy atom. The molecule has 0 amide bonds. The minimum atomic E-state index is 0.0542. The highest BCUT2D eigenvalue weighted by atomic mass is 28.2. The monoisotopic (exact) mass is 172 g/mol. The fourth-order valence-electron chi connectivity index (χ4n) is 1.68. The molecule has 1 rings (SSSR count). The molecule has 0 aliphatic heterocycles. The van der Waals surface area contributed by atoms with E-state index in [0.717, 1.165) is 12.8 Å². The Balaban J connectivity index is 2.36. The van der Waals surface area contributed by atoms with E-state index in [4.69, 9.17) is 4.43 Å². The van der Waals surface area contributed by atoms with Gasteiger partial charge in [0, 0.05) is 0 Å². The number of carbonyl (C=O) groups is 1. The Labute approximate surface area is 70.9 Å². The second-order valence-corrected chi connectivity index (χ2v) is 3.62. The molecule has 1 aliphatic carbocycles. The van der Waals surface area contributed by atoms with E-state index in [2.05, 4.69) is 0 Å². The van der Waals surface area contributed by atoms with E-state index in [1.54, 1.807) is 0 Å². The Morgan fingerprint density at radius 1 is 1.18 bits per heavy atom. The molecule has 0 unspecified atom stereocenters. The molecule has 0 aromatic carbocycles. The van der Waals surface area contributed by atoms with Gasteiger partial charge in [0.1, 0.15) is 0 Å². The van der Waals surface area contributed by atoms with Crippen LogP contribution in [0, 0.1) is 5.92 Å². The zero-order valence-electron chi connectivity index (χ0n) is 7.14. The van der Waals surface area contributed by atoms with Crippen LogP contribution in [0.3, 0.4) is 0 Å². The standard InChI is InChI=1S/C8H16O2Si/c9-8(10-11)7-5-3-1-2-4-6-7/h7H,1-6H2,11H3. The number of rotatable bonds is 1. The Bertz CT molecular complexity index is 128. The molecule has 1 aliphatic rings. The molecule has 0 aromatic heterocycles. The number of carbonyl (C=O) groups excluding carboxylic acids is 1. The van der Waals surface area contributed by atoms with Crippen molar-refractivity contribution >= 4 is 16.5 Å². The molecule has 0 heterocycles. The van der Waals surface area contributed by atoms with Gasteiger partial charge in [-0.1, -0.05) is 25.7 Å². The molecule has 1 fully saturated rings. The van der Waals surface area contributed by atoms with E-state index < -0.39 is 0 Å². The van der Waals surface area contributed by atoms with Crippen LogP contribution in [0.4, 0.5) is 0 Å². The van der Waals surface area contributed by atoms with Crippen LogP contribution < -0.4 is 0 Å². The van der Waals surface area contributed by atoms with Crippen LogP contribution in [-0.4, -0.2) is 16.5 Å². The first kappa shape index (κ1) is 8.78. The summed E-state index contributed by atoms with van der Waals surface area (Å²) in [5, 5.41) is 0. The Morgan fingerprint density at radius 3 is 2.18 bits per heavy atom. The molecule has 64 valence electrons. The fourth-order valence-corrected chi connectivity index (χ4v) is 2.02. The zero-order chi connectivity index (χ0) is 8.10. The normalized spacial score (nSPS) is 21.1. The van der Waals surface area contributed by atoms with E-state index in [1.165, 1.54) is 25.7 Å². The lowest BCUT2D eigenvalue weighted by atomic mass is 10.0. The highest BCUT2D eigenvalue weighted by Crippen LogP contribution is 2.23. The van der Waals surface area contributed by atoms with E-state index in [-0.39, 0.29) is 11.9 Å². The molecule has 1 saturated carbocycles. The second kappa shape index (κ2) is 4.54. The summed E-state index contributed by atoms with van der Waals surface area (Å²) in [7, 11) is 0.556. The summed E-state index contributed by atoms with van der Waals surface area (Å²) in [6, 6.07) is 0. The molecule has 0 atom stereocenters. The summed E-state index contributed by atoms with van der Waals surface area (Å²) >= 11 is 0. The predicted molar refractivity (Wildman–Crippen MR) is 47.2 cm³/mol. The second-order valence-electron chi connectivity index (χ2n) is 3.21. The van der Waals surface area contributed by atoms with Gasteiger partial charge in [0.25, 0.3) is 5.97 Å². The average molecular weight is 172 g/mol. The summed E-state index contributed by atoms with van der Waals surface area (Å²) in [6.45, 7) is 0. The predicted octanol–water partition coefficient (Wildman–Crippen LogP) is 0.780. The Kier molecular flexibility index (Phi) is 3.63. The lowest BCUT2D eigenvalue weighted by molar-refractivity contribution is -0.139. The summed E-state index contributed by atoms with van der Waals surface area (Å²) in [4.78, 5) is 11.1. The van der Waals surface area contributed by atoms with Crippen LogP contribution in [0.15, 0.2) is 0 Å². The molecule has 0 bridgehead atoms. The quantitative estimate of drug-likeness (QED) is 0.431. The molecule has 2 nitrogen and oxygen atoms in total. The third-order valence-electron chi connectivity index (χ3n) is 2.39. The maximum absolute atomic E-state index is 11.1. The lowest BCUT2D eigenvalue weighted by Gasteiger charge is -2.10. The molecular formula is C8H16O2Si. The molecule has 3 heteroatoms. The highest BCUT2D eigenvalue weighted by molar-refractivity contribution is 6.05. The van der Waals surface area contributed by atoms with Crippen LogP contribution in [0.5, 0.6) is 0 Å². The minimum Gasteiger partial charge on any atom is -0.529 e. The van der Waals surface area contributed by atoms with E-state index in [9.17, 15) is 4.79 Å². The van der Waals surface area contributed by atoms with Crippen molar-refractivity contribution in [2.75, 3.05) is 0 Å². The van der Waals surface area contributed by atoms with Gasteiger partial charge in [0.2, 0.25) is 10.5 Å². The van der Waals surface area contributed by atoms with E-state index in [1.807, 2.05) is 0 Å². The maximum Gasteiger partial charge on any atom is 0.294 e. The SMILES string of the molecule is O=C(O[SiH3])C1CCCCCC1. The highest BCUT2D eigenvalue weighted by Gasteiger charge is 2.19. The van der Waals surface area contributed by atoms with Crippen molar-refractivity contribution in [3.63, 3.8) is 0 Å².